The van der Waals surface area contributed by atoms with Crippen LogP contribution in [0.2, 0.25) is 0 Å². The first-order valence-electron chi connectivity index (χ1n) is 7.88. The number of likely N-dealkylation sites (tertiary alicyclic amines) is 1. The van der Waals surface area contributed by atoms with E-state index in [0.717, 1.165) is 36.7 Å². The largest absolute Gasteiger partial charge is 0.360 e. The molecule has 3 aromatic heterocycles. The van der Waals surface area contributed by atoms with E-state index in [9.17, 15) is 4.79 Å². The minimum atomic E-state index is -0.0681. The maximum atomic E-state index is 12.1. The normalized spacial score (nSPS) is 15.3. The van der Waals surface area contributed by atoms with Gasteiger partial charge in [-0.3, -0.25) is 14.7 Å². The van der Waals surface area contributed by atoms with E-state index in [1.54, 1.807) is 35.4 Å². The van der Waals surface area contributed by atoms with Crippen molar-refractivity contribution in [3.63, 3.8) is 0 Å². The SMILES string of the molecule is O=c1ccc(-c2ccncc2)nn1CC1CN(Cc2ccno2)C1. The zero-order valence-corrected chi connectivity index (χ0v) is 13.1. The van der Waals surface area contributed by atoms with Crippen molar-refractivity contribution < 1.29 is 4.52 Å². The van der Waals surface area contributed by atoms with Gasteiger partial charge >= 0.3 is 0 Å². The molecule has 0 unspecified atom stereocenters. The van der Waals surface area contributed by atoms with Crippen LogP contribution in [-0.4, -0.2) is 37.9 Å². The molecule has 0 aliphatic carbocycles. The van der Waals surface area contributed by atoms with E-state index in [4.69, 9.17) is 4.52 Å². The molecule has 7 heteroatoms. The third-order valence-electron chi connectivity index (χ3n) is 4.18. The van der Waals surface area contributed by atoms with Crippen molar-refractivity contribution in [1.29, 1.82) is 0 Å². The fourth-order valence-corrected chi connectivity index (χ4v) is 2.97. The zero-order chi connectivity index (χ0) is 16.4. The topological polar surface area (TPSA) is 77.1 Å². The van der Waals surface area contributed by atoms with E-state index >= 15 is 0 Å². The minimum Gasteiger partial charge on any atom is -0.360 e. The fraction of sp³-hybridized carbons (Fsp3) is 0.294. The molecule has 3 aromatic rings. The molecule has 0 amide bonds. The summed E-state index contributed by atoms with van der Waals surface area (Å²) in [6, 6.07) is 8.98. The van der Waals surface area contributed by atoms with Crippen molar-refractivity contribution in [3.8, 4) is 11.3 Å². The van der Waals surface area contributed by atoms with Crippen LogP contribution in [0.1, 0.15) is 5.76 Å². The molecule has 24 heavy (non-hydrogen) atoms. The monoisotopic (exact) mass is 323 g/mol. The summed E-state index contributed by atoms with van der Waals surface area (Å²) in [5.41, 5.74) is 1.68. The number of hydrogen-bond donors (Lipinski definition) is 0. The van der Waals surface area contributed by atoms with E-state index in [2.05, 4.69) is 20.1 Å². The lowest BCUT2D eigenvalue weighted by Gasteiger charge is -2.38. The lowest BCUT2D eigenvalue weighted by Crippen LogP contribution is -2.48. The molecule has 1 saturated heterocycles. The Bertz CT molecular complexity index is 854. The van der Waals surface area contributed by atoms with Gasteiger partial charge in [0.1, 0.15) is 0 Å². The highest BCUT2D eigenvalue weighted by Crippen LogP contribution is 2.20. The quantitative estimate of drug-likeness (QED) is 0.707. The van der Waals surface area contributed by atoms with E-state index in [1.807, 2.05) is 18.2 Å². The van der Waals surface area contributed by atoms with Crippen LogP contribution in [0.25, 0.3) is 11.3 Å². The Morgan fingerprint density at radius 3 is 2.67 bits per heavy atom. The van der Waals surface area contributed by atoms with Gasteiger partial charge in [-0.05, 0) is 18.2 Å². The van der Waals surface area contributed by atoms with Crippen LogP contribution in [0.15, 0.2) is 58.2 Å². The maximum Gasteiger partial charge on any atom is 0.266 e. The van der Waals surface area contributed by atoms with Gasteiger partial charge in [-0.25, -0.2) is 4.68 Å². The summed E-state index contributed by atoms with van der Waals surface area (Å²) in [4.78, 5) is 18.3. The number of aromatic nitrogens is 4. The van der Waals surface area contributed by atoms with Crippen LogP contribution in [0.5, 0.6) is 0 Å². The summed E-state index contributed by atoms with van der Waals surface area (Å²) in [7, 11) is 0. The Kier molecular flexibility index (Phi) is 3.92. The molecule has 0 spiro atoms. The van der Waals surface area contributed by atoms with E-state index in [1.165, 1.54) is 0 Å². The number of rotatable bonds is 5. The molecule has 122 valence electrons. The van der Waals surface area contributed by atoms with Crippen molar-refractivity contribution in [3.05, 3.63) is 65.0 Å². The smallest absolute Gasteiger partial charge is 0.266 e. The first-order chi connectivity index (χ1) is 11.8. The zero-order valence-electron chi connectivity index (χ0n) is 13.1. The lowest BCUT2D eigenvalue weighted by molar-refractivity contribution is 0.0677. The molecule has 7 nitrogen and oxygen atoms in total. The van der Waals surface area contributed by atoms with Gasteiger partial charge in [0.05, 0.1) is 25.0 Å². The predicted octanol–water partition coefficient (Wildman–Crippen LogP) is 1.43. The number of pyridine rings is 1. The first kappa shape index (κ1) is 14.8. The van der Waals surface area contributed by atoms with Gasteiger partial charge in [0.2, 0.25) is 0 Å². The number of nitrogens with zero attached hydrogens (tertiary/aromatic N) is 5. The van der Waals surface area contributed by atoms with Crippen LogP contribution in [0.4, 0.5) is 0 Å². The molecule has 0 radical (unpaired) electrons. The molecular weight excluding hydrogens is 306 g/mol. The summed E-state index contributed by atoms with van der Waals surface area (Å²) >= 11 is 0. The van der Waals surface area contributed by atoms with Crippen LogP contribution < -0.4 is 5.56 Å². The van der Waals surface area contributed by atoms with E-state index in [0.29, 0.717) is 12.5 Å². The Hall–Kier alpha value is -2.80. The van der Waals surface area contributed by atoms with Crippen molar-refractivity contribution >= 4 is 0 Å². The molecule has 0 aromatic carbocycles. The van der Waals surface area contributed by atoms with E-state index in [-0.39, 0.29) is 5.56 Å². The first-order valence-corrected chi connectivity index (χ1v) is 7.88. The van der Waals surface area contributed by atoms with Crippen molar-refractivity contribution in [2.24, 2.45) is 5.92 Å². The molecule has 1 fully saturated rings. The predicted molar refractivity (Wildman–Crippen MR) is 87.0 cm³/mol. The minimum absolute atomic E-state index is 0.0681. The average molecular weight is 323 g/mol. The number of hydrogen-bond acceptors (Lipinski definition) is 6. The second-order valence-corrected chi connectivity index (χ2v) is 6.01. The van der Waals surface area contributed by atoms with Crippen LogP contribution in [0, 0.1) is 5.92 Å². The lowest BCUT2D eigenvalue weighted by atomic mass is 10.00. The summed E-state index contributed by atoms with van der Waals surface area (Å²) in [5.74, 6) is 1.29. The Morgan fingerprint density at radius 1 is 1.08 bits per heavy atom. The van der Waals surface area contributed by atoms with Crippen LogP contribution >= 0.6 is 0 Å². The molecule has 0 bridgehead atoms. The second-order valence-electron chi connectivity index (χ2n) is 6.01. The van der Waals surface area contributed by atoms with Crippen LogP contribution in [-0.2, 0) is 13.1 Å². The van der Waals surface area contributed by atoms with Gasteiger partial charge in [-0.2, -0.15) is 5.10 Å². The highest BCUT2D eigenvalue weighted by molar-refractivity contribution is 5.56. The highest BCUT2D eigenvalue weighted by atomic mass is 16.5. The molecular formula is C17H17N5O2. The second kappa shape index (κ2) is 6.37. The average Bonchev–Trinajstić information content (AvgIpc) is 3.08. The van der Waals surface area contributed by atoms with Gasteiger partial charge in [0, 0.05) is 49.1 Å². The van der Waals surface area contributed by atoms with Crippen molar-refractivity contribution in [1.82, 2.24) is 24.8 Å². The fourth-order valence-electron chi connectivity index (χ4n) is 2.97. The Balaban J connectivity index is 1.41. The molecule has 1 aliphatic heterocycles. The van der Waals surface area contributed by atoms with Gasteiger partial charge < -0.3 is 4.52 Å². The third kappa shape index (κ3) is 3.11. The van der Waals surface area contributed by atoms with Gasteiger partial charge in [-0.15, -0.1) is 0 Å². The van der Waals surface area contributed by atoms with Crippen LogP contribution in [0.3, 0.4) is 0 Å². The molecule has 1 aliphatic rings. The Morgan fingerprint density at radius 2 is 1.92 bits per heavy atom. The molecule has 4 rings (SSSR count). The molecule has 4 heterocycles. The van der Waals surface area contributed by atoms with Crippen molar-refractivity contribution in [2.45, 2.75) is 13.1 Å². The van der Waals surface area contributed by atoms with Gasteiger partial charge in [0.15, 0.2) is 5.76 Å². The van der Waals surface area contributed by atoms with E-state index < -0.39 is 0 Å². The summed E-state index contributed by atoms with van der Waals surface area (Å²) in [6.45, 7) is 3.24. The Labute approximate surface area is 138 Å². The molecule has 0 N–H and O–H groups in total. The summed E-state index contributed by atoms with van der Waals surface area (Å²) in [5, 5.41) is 8.20. The molecule has 0 atom stereocenters. The van der Waals surface area contributed by atoms with Gasteiger partial charge in [-0.1, -0.05) is 5.16 Å². The summed E-state index contributed by atoms with van der Waals surface area (Å²) < 4.78 is 6.67. The third-order valence-corrected chi connectivity index (χ3v) is 4.18. The van der Waals surface area contributed by atoms with Gasteiger partial charge in [0.25, 0.3) is 5.56 Å². The standard InChI is InChI=1S/C17H17N5O2/c23-17-2-1-16(14-3-6-18-7-4-14)20-22(17)11-13-9-21(10-13)12-15-5-8-19-24-15/h1-8,13H,9-12H2. The van der Waals surface area contributed by atoms with Crippen molar-refractivity contribution in [2.75, 3.05) is 13.1 Å². The summed E-state index contributed by atoms with van der Waals surface area (Å²) in [6.07, 6.45) is 5.10. The maximum absolute atomic E-state index is 12.1. The molecule has 0 saturated carbocycles. The highest BCUT2D eigenvalue weighted by Gasteiger charge is 2.28.